The highest BCUT2D eigenvalue weighted by Crippen LogP contribution is 2.26. The van der Waals surface area contributed by atoms with Crippen LogP contribution >= 0.6 is 11.3 Å². The summed E-state index contributed by atoms with van der Waals surface area (Å²) in [5.74, 6) is 0. The molecule has 0 amide bonds. The Labute approximate surface area is 120 Å². The van der Waals surface area contributed by atoms with Gasteiger partial charge in [-0.3, -0.25) is 0 Å². The molecule has 1 aromatic heterocycles. The van der Waals surface area contributed by atoms with Crippen LogP contribution in [0, 0.1) is 0 Å². The molecule has 0 saturated heterocycles. The van der Waals surface area contributed by atoms with E-state index >= 15 is 0 Å². The Hall–Kier alpha value is -0.430. The highest BCUT2D eigenvalue weighted by atomic mass is 32.2. The fourth-order valence-electron chi connectivity index (χ4n) is 2.01. The molecule has 4 nitrogen and oxygen atoms in total. The monoisotopic (exact) mass is 304 g/mol. The maximum absolute atomic E-state index is 12.7. The summed E-state index contributed by atoms with van der Waals surface area (Å²) in [4.78, 5) is 1.12. The normalized spacial score (nSPS) is 12.5. The number of hydrogen-bond donors (Lipinski definition) is 1. The lowest BCUT2D eigenvalue weighted by Crippen LogP contribution is -2.38. The molecule has 1 aromatic rings. The van der Waals surface area contributed by atoms with Crippen molar-refractivity contribution in [3.63, 3.8) is 0 Å². The first kappa shape index (κ1) is 16.6. The molecule has 0 atom stereocenters. The van der Waals surface area contributed by atoms with Crippen molar-refractivity contribution in [2.24, 2.45) is 5.73 Å². The minimum atomic E-state index is -3.42. The zero-order valence-corrected chi connectivity index (χ0v) is 13.6. The lowest BCUT2D eigenvalue weighted by molar-refractivity contribution is 0.345. The van der Waals surface area contributed by atoms with Gasteiger partial charge < -0.3 is 5.73 Å². The molecule has 2 N–H and O–H groups in total. The van der Waals surface area contributed by atoms with E-state index in [4.69, 9.17) is 5.73 Å². The van der Waals surface area contributed by atoms with Crippen LogP contribution in [0.5, 0.6) is 0 Å². The van der Waals surface area contributed by atoms with Crippen molar-refractivity contribution < 1.29 is 8.42 Å². The second-order valence-corrected chi connectivity index (χ2v) is 7.69. The quantitative estimate of drug-likeness (QED) is 0.751. The van der Waals surface area contributed by atoms with Crippen LogP contribution in [0.3, 0.4) is 0 Å². The third-order valence-corrected chi connectivity index (χ3v) is 6.27. The summed E-state index contributed by atoms with van der Waals surface area (Å²) < 4.78 is 27.0. The minimum absolute atomic E-state index is 0.0348. The van der Waals surface area contributed by atoms with E-state index in [1.54, 1.807) is 15.8 Å². The van der Waals surface area contributed by atoms with Crippen molar-refractivity contribution in [3.8, 4) is 0 Å². The summed E-state index contributed by atoms with van der Waals surface area (Å²) in [6.07, 6.45) is 3.03. The number of sulfonamides is 1. The smallest absolute Gasteiger partial charge is 0.244 e. The molecule has 19 heavy (non-hydrogen) atoms. The summed E-state index contributed by atoms with van der Waals surface area (Å²) in [5, 5.41) is 1.79. The first-order chi connectivity index (χ1) is 8.95. The van der Waals surface area contributed by atoms with Gasteiger partial charge in [0.1, 0.15) is 0 Å². The summed E-state index contributed by atoms with van der Waals surface area (Å²) in [6.45, 7) is 6.79. The Kier molecular flexibility index (Phi) is 6.46. The van der Waals surface area contributed by atoms with Gasteiger partial charge in [0.05, 0.1) is 4.90 Å². The summed E-state index contributed by atoms with van der Waals surface area (Å²) in [6, 6.07) is 1.63. The third kappa shape index (κ3) is 4.02. The van der Waals surface area contributed by atoms with Gasteiger partial charge in [-0.05, 0) is 31.7 Å². The molecule has 0 aliphatic heterocycles. The molecule has 1 rings (SSSR count). The van der Waals surface area contributed by atoms with Crippen molar-refractivity contribution in [2.75, 3.05) is 6.54 Å². The molecule has 0 fully saturated rings. The van der Waals surface area contributed by atoms with Gasteiger partial charge in [0.25, 0.3) is 0 Å². The highest BCUT2D eigenvalue weighted by molar-refractivity contribution is 7.89. The highest BCUT2D eigenvalue weighted by Gasteiger charge is 2.28. The van der Waals surface area contributed by atoms with Crippen molar-refractivity contribution in [2.45, 2.75) is 57.5 Å². The molecule has 0 aliphatic rings. The van der Waals surface area contributed by atoms with Crippen LogP contribution in [0.25, 0.3) is 0 Å². The predicted octanol–water partition coefficient (Wildman–Crippen LogP) is 2.80. The second-order valence-electron chi connectivity index (χ2n) is 4.83. The molecule has 0 radical (unpaired) electrons. The minimum Gasteiger partial charge on any atom is -0.326 e. The van der Waals surface area contributed by atoms with Gasteiger partial charge >= 0.3 is 0 Å². The Morgan fingerprint density at radius 3 is 2.58 bits per heavy atom. The summed E-state index contributed by atoms with van der Waals surface area (Å²) in [7, 11) is -3.42. The molecule has 6 heteroatoms. The van der Waals surface area contributed by atoms with Gasteiger partial charge in [0, 0.05) is 24.0 Å². The van der Waals surface area contributed by atoms with E-state index in [1.807, 2.05) is 13.8 Å². The maximum atomic E-state index is 12.7. The topological polar surface area (TPSA) is 63.4 Å². The fraction of sp³-hybridized carbons (Fsp3) is 0.692. The Morgan fingerprint density at radius 1 is 1.37 bits per heavy atom. The van der Waals surface area contributed by atoms with Gasteiger partial charge in [0.15, 0.2) is 0 Å². The van der Waals surface area contributed by atoms with E-state index in [9.17, 15) is 8.42 Å². The van der Waals surface area contributed by atoms with Gasteiger partial charge in [0.2, 0.25) is 10.0 Å². The number of rotatable bonds is 8. The van der Waals surface area contributed by atoms with Crippen LogP contribution in [-0.4, -0.2) is 25.3 Å². The van der Waals surface area contributed by atoms with Gasteiger partial charge in [-0.1, -0.05) is 19.8 Å². The van der Waals surface area contributed by atoms with Crippen LogP contribution in [-0.2, 0) is 16.6 Å². The summed E-state index contributed by atoms with van der Waals surface area (Å²) in [5.41, 5.74) is 5.62. The number of nitrogens with two attached hydrogens (primary N) is 1. The van der Waals surface area contributed by atoms with Crippen molar-refractivity contribution in [1.29, 1.82) is 0 Å². The Morgan fingerprint density at radius 2 is 2.05 bits per heavy atom. The molecule has 0 aromatic carbocycles. The molecule has 0 bridgehead atoms. The molecule has 110 valence electrons. The van der Waals surface area contributed by atoms with Crippen LogP contribution in [0.15, 0.2) is 16.3 Å². The van der Waals surface area contributed by atoms with Crippen LogP contribution in [0.1, 0.15) is 44.9 Å². The van der Waals surface area contributed by atoms with Crippen molar-refractivity contribution >= 4 is 21.4 Å². The van der Waals surface area contributed by atoms with E-state index in [0.29, 0.717) is 11.4 Å². The standard InChI is InChI=1S/C13H24N2O2S2/c1-4-5-6-8-15(11(2)3)19(16,17)13-7-9-18-12(13)10-14/h7,9,11H,4-6,8,10,14H2,1-3H3. The van der Waals surface area contributed by atoms with E-state index in [0.717, 1.165) is 24.1 Å². The zero-order valence-electron chi connectivity index (χ0n) is 11.9. The third-order valence-electron chi connectivity index (χ3n) is 3.03. The van der Waals surface area contributed by atoms with Crippen LogP contribution in [0.4, 0.5) is 0 Å². The SMILES string of the molecule is CCCCCN(C(C)C)S(=O)(=O)c1ccsc1CN. The van der Waals surface area contributed by atoms with E-state index < -0.39 is 10.0 Å². The zero-order chi connectivity index (χ0) is 14.5. The average Bonchev–Trinajstić information content (AvgIpc) is 2.82. The van der Waals surface area contributed by atoms with Crippen molar-refractivity contribution in [1.82, 2.24) is 4.31 Å². The molecular weight excluding hydrogens is 280 g/mol. The largest absolute Gasteiger partial charge is 0.326 e. The van der Waals surface area contributed by atoms with E-state index in [2.05, 4.69) is 6.92 Å². The molecule has 0 aliphatic carbocycles. The molecule has 1 heterocycles. The maximum Gasteiger partial charge on any atom is 0.244 e. The Bertz CT molecular complexity index is 481. The average molecular weight is 304 g/mol. The summed E-state index contributed by atoms with van der Waals surface area (Å²) >= 11 is 1.40. The first-order valence-corrected chi connectivity index (χ1v) is 9.05. The lowest BCUT2D eigenvalue weighted by atomic mass is 10.2. The van der Waals surface area contributed by atoms with Crippen LogP contribution < -0.4 is 5.73 Å². The first-order valence-electron chi connectivity index (χ1n) is 6.73. The number of unbranched alkanes of at least 4 members (excludes halogenated alkanes) is 2. The van der Waals surface area contributed by atoms with Crippen LogP contribution in [0.2, 0.25) is 0 Å². The van der Waals surface area contributed by atoms with E-state index in [-0.39, 0.29) is 12.6 Å². The van der Waals surface area contributed by atoms with Gasteiger partial charge in [-0.15, -0.1) is 11.3 Å². The molecule has 0 spiro atoms. The molecule has 0 saturated carbocycles. The lowest BCUT2D eigenvalue weighted by Gasteiger charge is -2.26. The number of thiophene rings is 1. The van der Waals surface area contributed by atoms with Gasteiger partial charge in [-0.25, -0.2) is 8.42 Å². The number of hydrogen-bond acceptors (Lipinski definition) is 4. The molecule has 0 unspecified atom stereocenters. The fourth-order valence-corrected chi connectivity index (χ4v) is 4.99. The molecular formula is C13H24N2O2S2. The van der Waals surface area contributed by atoms with Crippen molar-refractivity contribution in [3.05, 3.63) is 16.3 Å². The van der Waals surface area contributed by atoms with Gasteiger partial charge in [-0.2, -0.15) is 4.31 Å². The second kappa shape index (κ2) is 7.38. The Balaban J connectivity index is 3.00. The van der Waals surface area contributed by atoms with E-state index in [1.165, 1.54) is 11.3 Å². The number of nitrogens with zero attached hydrogens (tertiary/aromatic N) is 1. The predicted molar refractivity (Wildman–Crippen MR) is 80.8 cm³/mol.